The number of aliphatic hydroxyl groups is 2. The number of hydrogen-bond acceptors (Lipinski definition) is 4. The maximum Gasteiger partial charge on any atom is 0.220 e. The second-order valence-electron chi connectivity index (χ2n) is 5.11. The van der Waals surface area contributed by atoms with Crippen molar-refractivity contribution < 1.29 is 15.0 Å². The number of amides is 1. The third-order valence-electron chi connectivity index (χ3n) is 3.27. The summed E-state index contributed by atoms with van der Waals surface area (Å²) in [6.45, 7) is 2.16. The first kappa shape index (κ1) is 14.4. The lowest BCUT2D eigenvalue weighted by atomic mass is 9.99. The highest BCUT2D eigenvalue weighted by Crippen LogP contribution is 2.12. The minimum Gasteiger partial charge on any atom is -0.394 e. The van der Waals surface area contributed by atoms with E-state index < -0.39 is 5.54 Å². The first-order chi connectivity index (χ1) is 8.09. The highest BCUT2D eigenvalue weighted by atomic mass is 16.3. The summed E-state index contributed by atoms with van der Waals surface area (Å²) in [7, 11) is 0. The fourth-order valence-electron chi connectivity index (χ4n) is 2.00. The molecule has 0 bridgehead atoms. The fourth-order valence-corrected chi connectivity index (χ4v) is 2.00. The second-order valence-corrected chi connectivity index (χ2v) is 5.11. The molecule has 0 aliphatic carbocycles. The number of rotatable bonds is 6. The van der Waals surface area contributed by atoms with E-state index in [0.717, 1.165) is 19.4 Å². The van der Waals surface area contributed by atoms with E-state index in [0.29, 0.717) is 12.5 Å². The normalized spacial score (nSPS) is 21.2. The maximum absolute atomic E-state index is 11.7. The summed E-state index contributed by atoms with van der Waals surface area (Å²) >= 11 is 0. The van der Waals surface area contributed by atoms with Crippen molar-refractivity contribution >= 4 is 5.91 Å². The van der Waals surface area contributed by atoms with Gasteiger partial charge in [0.15, 0.2) is 0 Å². The van der Waals surface area contributed by atoms with Crippen LogP contribution in [-0.4, -0.2) is 47.5 Å². The SMILES string of the molecule is CC(CO)(CO)NC(=O)CCC1CCCCN1. The molecule has 5 heteroatoms. The summed E-state index contributed by atoms with van der Waals surface area (Å²) in [4.78, 5) is 11.7. The Morgan fingerprint density at radius 2 is 2.12 bits per heavy atom. The predicted octanol–water partition coefficient (Wildman–Crippen LogP) is -0.232. The molecule has 0 saturated carbocycles. The average molecular weight is 244 g/mol. The molecule has 4 N–H and O–H groups in total. The molecule has 1 fully saturated rings. The molecular weight excluding hydrogens is 220 g/mol. The molecule has 1 heterocycles. The van der Waals surface area contributed by atoms with Crippen LogP contribution >= 0.6 is 0 Å². The molecule has 1 unspecified atom stereocenters. The third-order valence-corrected chi connectivity index (χ3v) is 3.27. The average Bonchev–Trinajstić information content (AvgIpc) is 2.37. The van der Waals surface area contributed by atoms with Gasteiger partial charge in [-0.2, -0.15) is 0 Å². The number of nitrogens with one attached hydrogen (secondary N) is 2. The Morgan fingerprint density at radius 1 is 1.41 bits per heavy atom. The number of carbonyl (C=O) groups is 1. The Hall–Kier alpha value is -0.650. The Kier molecular flexibility index (Phi) is 5.88. The van der Waals surface area contributed by atoms with Crippen LogP contribution in [-0.2, 0) is 4.79 Å². The molecule has 100 valence electrons. The van der Waals surface area contributed by atoms with E-state index in [-0.39, 0.29) is 19.1 Å². The fraction of sp³-hybridized carbons (Fsp3) is 0.917. The van der Waals surface area contributed by atoms with Crippen LogP contribution in [0.4, 0.5) is 0 Å². The molecule has 0 aromatic rings. The van der Waals surface area contributed by atoms with Crippen molar-refractivity contribution in [2.45, 2.75) is 50.6 Å². The van der Waals surface area contributed by atoms with Crippen LogP contribution in [0.25, 0.3) is 0 Å². The van der Waals surface area contributed by atoms with Crippen LogP contribution in [0, 0.1) is 0 Å². The highest BCUT2D eigenvalue weighted by molar-refractivity contribution is 5.76. The maximum atomic E-state index is 11.7. The number of aliphatic hydroxyl groups excluding tert-OH is 2. The van der Waals surface area contributed by atoms with Crippen molar-refractivity contribution in [3.05, 3.63) is 0 Å². The number of hydrogen-bond donors (Lipinski definition) is 4. The van der Waals surface area contributed by atoms with E-state index >= 15 is 0 Å². The molecule has 5 nitrogen and oxygen atoms in total. The van der Waals surface area contributed by atoms with Crippen LogP contribution < -0.4 is 10.6 Å². The Morgan fingerprint density at radius 3 is 2.65 bits per heavy atom. The van der Waals surface area contributed by atoms with Gasteiger partial charge in [-0.1, -0.05) is 6.42 Å². The smallest absolute Gasteiger partial charge is 0.220 e. The summed E-state index contributed by atoms with van der Waals surface area (Å²) < 4.78 is 0. The van der Waals surface area contributed by atoms with Gasteiger partial charge in [0.2, 0.25) is 5.91 Å². The van der Waals surface area contributed by atoms with E-state index in [1.54, 1.807) is 6.92 Å². The van der Waals surface area contributed by atoms with Crippen LogP contribution in [0.3, 0.4) is 0 Å². The van der Waals surface area contributed by atoms with Gasteiger partial charge in [0.05, 0.1) is 18.8 Å². The third kappa shape index (κ3) is 5.02. The van der Waals surface area contributed by atoms with Gasteiger partial charge in [-0.25, -0.2) is 0 Å². The Labute approximate surface area is 103 Å². The lowest BCUT2D eigenvalue weighted by Crippen LogP contribution is -2.52. The topological polar surface area (TPSA) is 81.6 Å². The zero-order valence-corrected chi connectivity index (χ0v) is 10.5. The molecule has 1 atom stereocenters. The standard InChI is InChI=1S/C12H24N2O3/c1-12(8-15,9-16)14-11(17)6-5-10-4-2-3-7-13-10/h10,13,15-16H,2-9H2,1H3,(H,14,17). The molecule has 0 aromatic heterocycles. The largest absolute Gasteiger partial charge is 0.394 e. The minimum atomic E-state index is -0.906. The summed E-state index contributed by atoms with van der Waals surface area (Å²) in [6.07, 6.45) is 4.83. The Bertz CT molecular complexity index is 236. The molecule has 1 saturated heterocycles. The van der Waals surface area contributed by atoms with Crippen LogP contribution in [0.1, 0.15) is 39.0 Å². The zero-order chi connectivity index (χ0) is 12.7. The lowest BCUT2D eigenvalue weighted by molar-refractivity contribution is -0.124. The van der Waals surface area contributed by atoms with Gasteiger partial charge >= 0.3 is 0 Å². The molecule has 1 amide bonds. The molecule has 0 spiro atoms. The van der Waals surface area contributed by atoms with Gasteiger partial charge in [0.25, 0.3) is 0 Å². The van der Waals surface area contributed by atoms with Crippen molar-refractivity contribution in [3.63, 3.8) is 0 Å². The van der Waals surface area contributed by atoms with Gasteiger partial charge < -0.3 is 20.8 Å². The van der Waals surface area contributed by atoms with Gasteiger partial charge in [0, 0.05) is 12.5 Å². The van der Waals surface area contributed by atoms with E-state index in [9.17, 15) is 4.79 Å². The van der Waals surface area contributed by atoms with Crippen molar-refractivity contribution in [1.82, 2.24) is 10.6 Å². The van der Waals surface area contributed by atoms with Gasteiger partial charge in [-0.15, -0.1) is 0 Å². The molecule has 1 rings (SSSR count). The van der Waals surface area contributed by atoms with Crippen LogP contribution in [0.5, 0.6) is 0 Å². The van der Waals surface area contributed by atoms with E-state index in [2.05, 4.69) is 10.6 Å². The van der Waals surface area contributed by atoms with E-state index in [1.807, 2.05) is 0 Å². The van der Waals surface area contributed by atoms with Crippen molar-refractivity contribution in [2.75, 3.05) is 19.8 Å². The molecule has 1 aliphatic heterocycles. The first-order valence-corrected chi connectivity index (χ1v) is 6.36. The molecule has 1 aliphatic rings. The first-order valence-electron chi connectivity index (χ1n) is 6.36. The number of carbonyl (C=O) groups excluding carboxylic acids is 1. The van der Waals surface area contributed by atoms with Crippen molar-refractivity contribution in [3.8, 4) is 0 Å². The predicted molar refractivity (Wildman–Crippen MR) is 65.6 cm³/mol. The van der Waals surface area contributed by atoms with Gasteiger partial charge in [-0.05, 0) is 32.7 Å². The molecule has 0 aromatic carbocycles. The summed E-state index contributed by atoms with van der Waals surface area (Å²) in [6, 6.07) is 0.434. The van der Waals surface area contributed by atoms with Crippen molar-refractivity contribution in [2.24, 2.45) is 0 Å². The minimum absolute atomic E-state index is 0.108. The Balaban J connectivity index is 2.24. The van der Waals surface area contributed by atoms with Crippen LogP contribution in [0.2, 0.25) is 0 Å². The van der Waals surface area contributed by atoms with E-state index in [4.69, 9.17) is 10.2 Å². The molecular formula is C12H24N2O3. The summed E-state index contributed by atoms with van der Waals surface area (Å²) in [5.41, 5.74) is -0.906. The summed E-state index contributed by atoms with van der Waals surface area (Å²) in [5, 5.41) is 24.2. The molecule has 17 heavy (non-hydrogen) atoms. The van der Waals surface area contributed by atoms with Crippen molar-refractivity contribution in [1.29, 1.82) is 0 Å². The summed E-state index contributed by atoms with van der Waals surface area (Å²) in [5.74, 6) is -0.108. The number of piperidine rings is 1. The second kappa shape index (κ2) is 6.93. The lowest BCUT2D eigenvalue weighted by Gasteiger charge is -2.27. The van der Waals surface area contributed by atoms with E-state index in [1.165, 1.54) is 12.8 Å². The van der Waals surface area contributed by atoms with Gasteiger partial charge in [0.1, 0.15) is 0 Å². The monoisotopic (exact) mass is 244 g/mol. The molecule has 0 radical (unpaired) electrons. The quantitative estimate of drug-likeness (QED) is 0.520. The zero-order valence-electron chi connectivity index (χ0n) is 10.5. The van der Waals surface area contributed by atoms with Gasteiger partial charge in [-0.3, -0.25) is 4.79 Å². The highest BCUT2D eigenvalue weighted by Gasteiger charge is 2.24. The van der Waals surface area contributed by atoms with Crippen LogP contribution in [0.15, 0.2) is 0 Å².